The molecule has 2 amide bonds. The van der Waals surface area contributed by atoms with Crippen LogP contribution in [-0.2, 0) is 18.2 Å². The summed E-state index contributed by atoms with van der Waals surface area (Å²) >= 11 is 0. The lowest BCUT2D eigenvalue weighted by atomic mass is 10.1. The van der Waals surface area contributed by atoms with E-state index >= 15 is 0 Å². The molecule has 132 valence electrons. The summed E-state index contributed by atoms with van der Waals surface area (Å²) < 4.78 is 6.79. The number of carbonyl (C=O) groups excluding carboxylic acids is 2. The molecule has 1 saturated heterocycles. The quantitative estimate of drug-likeness (QED) is 0.901. The summed E-state index contributed by atoms with van der Waals surface area (Å²) in [6, 6.07) is 7.01. The van der Waals surface area contributed by atoms with Gasteiger partial charge in [0, 0.05) is 30.5 Å². The zero-order valence-electron chi connectivity index (χ0n) is 14.7. The van der Waals surface area contributed by atoms with Crippen LogP contribution < -0.4 is 10.2 Å². The number of cyclic esters (lactones) is 1. The van der Waals surface area contributed by atoms with Crippen LogP contribution in [0.15, 0.2) is 24.3 Å². The Bertz CT molecular complexity index is 813. The molecule has 0 saturated carbocycles. The van der Waals surface area contributed by atoms with E-state index < -0.39 is 0 Å². The van der Waals surface area contributed by atoms with Crippen molar-refractivity contribution in [3.05, 3.63) is 46.8 Å². The number of amides is 2. The Morgan fingerprint density at radius 3 is 2.80 bits per heavy atom. The van der Waals surface area contributed by atoms with Crippen LogP contribution in [0.25, 0.3) is 0 Å². The van der Waals surface area contributed by atoms with E-state index in [1.54, 1.807) is 24.3 Å². The molecule has 0 spiro atoms. The van der Waals surface area contributed by atoms with Crippen molar-refractivity contribution in [2.24, 2.45) is 7.05 Å². The van der Waals surface area contributed by atoms with Crippen molar-refractivity contribution < 1.29 is 14.3 Å². The highest BCUT2D eigenvalue weighted by Crippen LogP contribution is 2.20. The standard InChI is InChI=1S/C18H22N4O3/c1-12-16(13(2)21(3)20-12)7-8-19-17(23)14-5-4-6-15(11-14)22-9-10-25-18(22)24/h4-6,11H,7-10H2,1-3H3,(H,19,23). The zero-order valence-corrected chi connectivity index (χ0v) is 14.7. The summed E-state index contributed by atoms with van der Waals surface area (Å²) in [5.41, 5.74) is 4.47. The Balaban J connectivity index is 1.62. The fourth-order valence-corrected chi connectivity index (χ4v) is 3.03. The molecule has 7 heteroatoms. The van der Waals surface area contributed by atoms with Crippen molar-refractivity contribution in [1.29, 1.82) is 0 Å². The van der Waals surface area contributed by atoms with Crippen LogP contribution >= 0.6 is 0 Å². The monoisotopic (exact) mass is 342 g/mol. The van der Waals surface area contributed by atoms with E-state index in [2.05, 4.69) is 10.4 Å². The summed E-state index contributed by atoms with van der Waals surface area (Å²) in [5.74, 6) is -0.159. The minimum atomic E-state index is -0.375. The number of rotatable bonds is 5. The first-order valence-electron chi connectivity index (χ1n) is 8.29. The van der Waals surface area contributed by atoms with Crippen molar-refractivity contribution >= 4 is 17.7 Å². The maximum atomic E-state index is 12.4. The molecule has 1 aromatic carbocycles. The first-order valence-corrected chi connectivity index (χ1v) is 8.29. The van der Waals surface area contributed by atoms with Gasteiger partial charge in [-0.1, -0.05) is 6.07 Å². The molecular formula is C18H22N4O3. The van der Waals surface area contributed by atoms with Crippen molar-refractivity contribution in [3.8, 4) is 0 Å². The number of hydrogen-bond donors (Lipinski definition) is 1. The minimum absolute atomic E-state index is 0.159. The molecule has 0 atom stereocenters. The molecule has 25 heavy (non-hydrogen) atoms. The van der Waals surface area contributed by atoms with Crippen molar-refractivity contribution in [3.63, 3.8) is 0 Å². The van der Waals surface area contributed by atoms with Gasteiger partial charge in [0.1, 0.15) is 6.61 Å². The van der Waals surface area contributed by atoms with Crippen LogP contribution in [0.5, 0.6) is 0 Å². The number of anilines is 1. The highest BCUT2D eigenvalue weighted by atomic mass is 16.6. The fourth-order valence-electron chi connectivity index (χ4n) is 3.03. The van der Waals surface area contributed by atoms with Gasteiger partial charge < -0.3 is 10.1 Å². The normalized spacial score (nSPS) is 13.9. The van der Waals surface area contributed by atoms with E-state index in [-0.39, 0.29) is 12.0 Å². The zero-order chi connectivity index (χ0) is 18.0. The van der Waals surface area contributed by atoms with E-state index in [9.17, 15) is 9.59 Å². The molecule has 0 radical (unpaired) electrons. The van der Waals surface area contributed by atoms with Crippen molar-refractivity contribution in [2.45, 2.75) is 20.3 Å². The van der Waals surface area contributed by atoms with Gasteiger partial charge in [0.25, 0.3) is 5.91 Å². The van der Waals surface area contributed by atoms with Crippen LogP contribution in [0.1, 0.15) is 27.3 Å². The molecule has 1 fully saturated rings. The number of hydrogen-bond acceptors (Lipinski definition) is 4. The second kappa shape index (κ2) is 6.96. The number of nitrogens with zero attached hydrogens (tertiary/aromatic N) is 3. The number of carbonyl (C=O) groups is 2. The van der Waals surface area contributed by atoms with E-state index in [4.69, 9.17) is 4.74 Å². The van der Waals surface area contributed by atoms with Crippen LogP contribution in [-0.4, -0.2) is 41.5 Å². The first kappa shape index (κ1) is 17.0. The average molecular weight is 342 g/mol. The summed E-state index contributed by atoms with van der Waals surface area (Å²) in [6.07, 6.45) is 0.357. The molecule has 1 aliphatic rings. The Morgan fingerprint density at radius 2 is 2.16 bits per heavy atom. The Hall–Kier alpha value is -2.83. The lowest BCUT2D eigenvalue weighted by Crippen LogP contribution is -2.27. The molecule has 1 aromatic heterocycles. The highest BCUT2D eigenvalue weighted by Gasteiger charge is 2.24. The smallest absolute Gasteiger partial charge is 0.414 e. The van der Waals surface area contributed by atoms with E-state index in [1.807, 2.05) is 25.6 Å². The van der Waals surface area contributed by atoms with Crippen molar-refractivity contribution in [1.82, 2.24) is 15.1 Å². The average Bonchev–Trinajstić information content (AvgIpc) is 3.13. The largest absolute Gasteiger partial charge is 0.447 e. The summed E-state index contributed by atoms with van der Waals surface area (Å²) in [6.45, 7) is 5.41. The van der Waals surface area contributed by atoms with Crippen molar-refractivity contribution in [2.75, 3.05) is 24.6 Å². The Labute approximate surface area is 146 Å². The molecular weight excluding hydrogens is 320 g/mol. The van der Waals surface area contributed by atoms with Gasteiger partial charge in [0.05, 0.1) is 12.2 Å². The molecule has 0 aliphatic carbocycles. The predicted molar refractivity (Wildman–Crippen MR) is 93.9 cm³/mol. The van der Waals surface area contributed by atoms with Crippen LogP contribution in [0.4, 0.5) is 10.5 Å². The lowest BCUT2D eigenvalue weighted by molar-refractivity contribution is 0.0954. The van der Waals surface area contributed by atoms with E-state index in [0.29, 0.717) is 30.9 Å². The van der Waals surface area contributed by atoms with Crippen LogP contribution in [0.2, 0.25) is 0 Å². The van der Waals surface area contributed by atoms with E-state index in [0.717, 1.165) is 23.4 Å². The number of nitrogens with one attached hydrogen (secondary N) is 1. The summed E-state index contributed by atoms with van der Waals surface area (Å²) in [5, 5.41) is 7.31. The van der Waals surface area contributed by atoms with E-state index in [1.165, 1.54) is 4.90 Å². The molecule has 0 bridgehead atoms. The van der Waals surface area contributed by atoms with Gasteiger partial charge in [-0.2, -0.15) is 5.10 Å². The number of aryl methyl sites for hydroxylation is 2. The topological polar surface area (TPSA) is 76.5 Å². The second-order valence-electron chi connectivity index (χ2n) is 6.10. The van der Waals surface area contributed by atoms with Gasteiger partial charge in [-0.05, 0) is 44.0 Å². The van der Waals surface area contributed by atoms with Gasteiger partial charge in [-0.3, -0.25) is 14.4 Å². The minimum Gasteiger partial charge on any atom is -0.447 e. The summed E-state index contributed by atoms with van der Waals surface area (Å²) in [7, 11) is 1.92. The Morgan fingerprint density at radius 1 is 1.36 bits per heavy atom. The van der Waals surface area contributed by atoms with Gasteiger partial charge in [0.2, 0.25) is 0 Å². The van der Waals surface area contributed by atoms with Gasteiger partial charge >= 0.3 is 6.09 Å². The maximum Gasteiger partial charge on any atom is 0.414 e. The molecule has 7 nitrogen and oxygen atoms in total. The molecule has 2 aromatic rings. The third-order valence-corrected chi connectivity index (χ3v) is 4.50. The fraction of sp³-hybridized carbons (Fsp3) is 0.389. The first-order chi connectivity index (χ1) is 12.0. The SMILES string of the molecule is Cc1nn(C)c(C)c1CCNC(=O)c1cccc(N2CCOC2=O)c1. The number of benzene rings is 1. The summed E-state index contributed by atoms with van der Waals surface area (Å²) in [4.78, 5) is 25.6. The third kappa shape index (κ3) is 3.50. The predicted octanol–water partition coefficient (Wildman–Crippen LogP) is 1.97. The van der Waals surface area contributed by atoms with Gasteiger partial charge in [-0.15, -0.1) is 0 Å². The molecule has 2 heterocycles. The number of ether oxygens (including phenoxy) is 1. The van der Waals surface area contributed by atoms with Crippen LogP contribution in [0, 0.1) is 13.8 Å². The number of aromatic nitrogens is 2. The highest BCUT2D eigenvalue weighted by molar-refractivity contribution is 5.97. The molecule has 0 unspecified atom stereocenters. The Kier molecular flexibility index (Phi) is 4.74. The molecule has 3 rings (SSSR count). The lowest BCUT2D eigenvalue weighted by Gasteiger charge is -2.13. The molecule has 1 aliphatic heterocycles. The van der Waals surface area contributed by atoms with Gasteiger partial charge in [0.15, 0.2) is 0 Å². The second-order valence-corrected chi connectivity index (χ2v) is 6.10. The van der Waals surface area contributed by atoms with Crippen LogP contribution in [0.3, 0.4) is 0 Å². The molecule has 1 N–H and O–H groups in total. The van der Waals surface area contributed by atoms with Gasteiger partial charge in [-0.25, -0.2) is 4.79 Å². The third-order valence-electron chi connectivity index (χ3n) is 4.50. The maximum absolute atomic E-state index is 12.4.